The maximum atomic E-state index is 12.2. The number of carbonyl (C=O) groups is 1. The minimum Gasteiger partial charge on any atom is -0.495 e. The van der Waals surface area contributed by atoms with Crippen molar-refractivity contribution >= 4 is 17.5 Å². The van der Waals surface area contributed by atoms with Crippen LogP contribution in [0, 0.1) is 13.8 Å². The van der Waals surface area contributed by atoms with Crippen molar-refractivity contribution in [3.63, 3.8) is 0 Å². The van der Waals surface area contributed by atoms with Crippen molar-refractivity contribution in [2.45, 2.75) is 26.4 Å². The topological polar surface area (TPSA) is 71.7 Å². The molecule has 124 valence electrons. The third-order valence-electron chi connectivity index (χ3n) is 3.63. The molecule has 0 aliphatic rings. The van der Waals surface area contributed by atoms with E-state index in [2.05, 4.69) is 5.32 Å². The first-order chi connectivity index (χ1) is 10.7. The zero-order chi connectivity index (χ0) is 17.2. The first kappa shape index (κ1) is 17.4. The van der Waals surface area contributed by atoms with E-state index in [-0.39, 0.29) is 12.5 Å². The van der Waals surface area contributed by atoms with Gasteiger partial charge in [-0.2, -0.15) is 0 Å². The molecule has 0 bridgehead atoms. The van der Waals surface area contributed by atoms with Crippen molar-refractivity contribution in [3.8, 4) is 5.75 Å². The van der Waals surface area contributed by atoms with Crippen LogP contribution in [0.25, 0.3) is 0 Å². The Balaban J connectivity index is 2.10. The molecule has 6 heteroatoms. The fraction of sp³-hybridized carbons (Fsp3) is 0.353. The summed E-state index contributed by atoms with van der Waals surface area (Å²) in [5.41, 5.74) is -0.167. The van der Waals surface area contributed by atoms with Gasteiger partial charge in [-0.15, -0.1) is 0 Å². The number of hydrogen-bond donors (Lipinski definition) is 2. The highest BCUT2D eigenvalue weighted by Crippen LogP contribution is 2.27. The highest BCUT2D eigenvalue weighted by atomic mass is 35.5. The summed E-state index contributed by atoms with van der Waals surface area (Å²) in [6.07, 6.45) is 0. The number of benzene rings is 1. The zero-order valence-corrected chi connectivity index (χ0v) is 14.3. The molecule has 1 heterocycles. The molecule has 0 saturated heterocycles. The number of nitrogens with one attached hydrogen (secondary N) is 1. The summed E-state index contributed by atoms with van der Waals surface area (Å²) in [5, 5.41) is 13.7. The van der Waals surface area contributed by atoms with E-state index in [4.69, 9.17) is 20.8 Å². The predicted octanol–water partition coefficient (Wildman–Crippen LogP) is 3.20. The zero-order valence-electron chi connectivity index (χ0n) is 13.6. The quantitative estimate of drug-likeness (QED) is 0.879. The molecule has 0 aliphatic heterocycles. The number of furan rings is 1. The molecule has 1 unspecified atom stereocenters. The minimum atomic E-state index is -1.23. The predicted molar refractivity (Wildman–Crippen MR) is 88.1 cm³/mol. The van der Waals surface area contributed by atoms with Crippen LogP contribution in [0.3, 0.4) is 0 Å². The van der Waals surface area contributed by atoms with Crippen molar-refractivity contribution in [1.29, 1.82) is 0 Å². The molecule has 0 fully saturated rings. The molecule has 1 aromatic carbocycles. The Labute approximate surface area is 140 Å². The third-order valence-corrected chi connectivity index (χ3v) is 3.94. The molecule has 5 nitrogen and oxygen atoms in total. The number of hydrogen-bond acceptors (Lipinski definition) is 4. The molecule has 0 saturated carbocycles. The summed E-state index contributed by atoms with van der Waals surface area (Å²) < 4.78 is 10.5. The van der Waals surface area contributed by atoms with E-state index >= 15 is 0 Å². The van der Waals surface area contributed by atoms with Crippen LogP contribution >= 0.6 is 11.6 Å². The van der Waals surface area contributed by atoms with Crippen LogP contribution in [-0.4, -0.2) is 24.7 Å². The molecule has 0 spiro atoms. The highest BCUT2D eigenvalue weighted by Gasteiger charge is 2.28. The molecular weight excluding hydrogens is 318 g/mol. The molecule has 0 aliphatic carbocycles. The lowest BCUT2D eigenvalue weighted by molar-refractivity contribution is 0.0514. The molecule has 2 N–H and O–H groups in total. The number of ether oxygens (including phenoxy) is 1. The molecule has 2 rings (SSSR count). The number of halogens is 1. The van der Waals surface area contributed by atoms with E-state index in [1.54, 1.807) is 38.1 Å². The van der Waals surface area contributed by atoms with Crippen LogP contribution in [0.1, 0.15) is 34.4 Å². The van der Waals surface area contributed by atoms with Gasteiger partial charge in [0.05, 0.1) is 18.7 Å². The Kier molecular flexibility index (Phi) is 5.02. The van der Waals surface area contributed by atoms with E-state index in [0.29, 0.717) is 33.4 Å². The van der Waals surface area contributed by atoms with Crippen molar-refractivity contribution < 1.29 is 19.1 Å². The van der Waals surface area contributed by atoms with Gasteiger partial charge in [0.15, 0.2) is 0 Å². The minimum absolute atomic E-state index is 0.0522. The van der Waals surface area contributed by atoms with E-state index in [9.17, 15) is 9.90 Å². The second-order valence-electron chi connectivity index (χ2n) is 5.63. The maximum Gasteiger partial charge on any atom is 0.251 e. The lowest BCUT2D eigenvalue weighted by atomic mass is 9.96. The molecule has 1 amide bonds. The number of amides is 1. The first-order valence-electron chi connectivity index (χ1n) is 7.16. The smallest absolute Gasteiger partial charge is 0.251 e. The van der Waals surface area contributed by atoms with Crippen LogP contribution in [0.4, 0.5) is 0 Å². The van der Waals surface area contributed by atoms with Gasteiger partial charge in [0, 0.05) is 11.1 Å². The Hall–Kier alpha value is -1.98. The van der Waals surface area contributed by atoms with Crippen LogP contribution < -0.4 is 10.1 Å². The van der Waals surface area contributed by atoms with Gasteiger partial charge in [-0.1, -0.05) is 11.6 Å². The number of aryl methyl sites for hydroxylation is 2. The second kappa shape index (κ2) is 6.64. The second-order valence-corrected chi connectivity index (χ2v) is 6.04. The summed E-state index contributed by atoms with van der Waals surface area (Å²) >= 11 is 5.94. The van der Waals surface area contributed by atoms with Crippen LogP contribution in [0.2, 0.25) is 5.02 Å². The van der Waals surface area contributed by atoms with E-state index in [0.717, 1.165) is 0 Å². The van der Waals surface area contributed by atoms with Crippen LogP contribution in [0.5, 0.6) is 5.75 Å². The molecule has 2 aromatic rings. The van der Waals surface area contributed by atoms with Crippen LogP contribution in [-0.2, 0) is 5.60 Å². The lowest BCUT2D eigenvalue weighted by Gasteiger charge is -2.23. The van der Waals surface area contributed by atoms with Gasteiger partial charge in [0.1, 0.15) is 22.9 Å². The maximum absolute atomic E-state index is 12.2. The van der Waals surface area contributed by atoms with Gasteiger partial charge >= 0.3 is 0 Å². The fourth-order valence-corrected chi connectivity index (χ4v) is 2.61. The van der Waals surface area contributed by atoms with Gasteiger partial charge in [-0.3, -0.25) is 4.79 Å². The average Bonchev–Trinajstić information content (AvgIpc) is 2.85. The molecule has 23 heavy (non-hydrogen) atoms. The summed E-state index contributed by atoms with van der Waals surface area (Å²) in [5.74, 6) is 1.45. The summed E-state index contributed by atoms with van der Waals surface area (Å²) in [7, 11) is 1.48. The van der Waals surface area contributed by atoms with Crippen molar-refractivity contribution in [2.24, 2.45) is 0 Å². The third kappa shape index (κ3) is 3.86. The van der Waals surface area contributed by atoms with Crippen molar-refractivity contribution in [2.75, 3.05) is 13.7 Å². The van der Waals surface area contributed by atoms with Gasteiger partial charge < -0.3 is 19.6 Å². The SMILES string of the molecule is COc1cc(C(=O)NCC(C)(O)c2cc(C)oc2C)ccc1Cl. The summed E-state index contributed by atoms with van der Waals surface area (Å²) in [4.78, 5) is 12.2. The number of carbonyl (C=O) groups excluding carboxylic acids is 1. The van der Waals surface area contributed by atoms with E-state index in [1.807, 2.05) is 6.92 Å². The summed E-state index contributed by atoms with van der Waals surface area (Å²) in [6, 6.07) is 6.52. The molecule has 0 radical (unpaired) electrons. The van der Waals surface area contributed by atoms with Crippen molar-refractivity contribution in [1.82, 2.24) is 5.32 Å². The Bertz CT molecular complexity index is 721. The largest absolute Gasteiger partial charge is 0.495 e. The summed E-state index contributed by atoms with van der Waals surface area (Å²) in [6.45, 7) is 5.28. The average molecular weight is 338 g/mol. The lowest BCUT2D eigenvalue weighted by Crippen LogP contribution is -2.38. The highest BCUT2D eigenvalue weighted by molar-refractivity contribution is 6.32. The Morgan fingerprint density at radius 1 is 1.39 bits per heavy atom. The Morgan fingerprint density at radius 3 is 2.65 bits per heavy atom. The van der Waals surface area contributed by atoms with Crippen molar-refractivity contribution in [3.05, 3.63) is 51.9 Å². The monoisotopic (exact) mass is 337 g/mol. The van der Waals surface area contributed by atoms with Crippen LogP contribution in [0.15, 0.2) is 28.7 Å². The first-order valence-corrected chi connectivity index (χ1v) is 7.54. The fourth-order valence-electron chi connectivity index (χ4n) is 2.42. The standard InChI is InChI=1S/C17H20ClNO4/c1-10-7-13(11(2)23-10)17(3,21)9-19-16(20)12-5-6-14(18)15(8-12)22-4/h5-8,21H,9H2,1-4H3,(H,19,20). The van der Waals surface area contributed by atoms with Gasteiger partial charge in [0.25, 0.3) is 5.91 Å². The van der Waals surface area contributed by atoms with E-state index in [1.165, 1.54) is 7.11 Å². The number of methoxy groups -OCH3 is 1. The normalized spacial score (nSPS) is 13.5. The van der Waals surface area contributed by atoms with Gasteiger partial charge in [0.2, 0.25) is 0 Å². The number of aliphatic hydroxyl groups is 1. The Morgan fingerprint density at radius 2 is 2.09 bits per heavy atom. The molecule has 1 aromatic heterocycles. The van der Waals surface area contributed by atoms with E-state index < -0.39 is 5.60 Å². The molecular formula is C17H20ClNO4. The number of rotatable bonds is 5. The van der Waals surface area contributed by atoms with Gasteiger partial charge in [-0.05, 0) is 45.0 Å². The molecule has 1 atom stereocenters. The van der Waals surface area contributed by atoms with Gasteiger partial charge in [-0.25, -0.2) is 0 Å².